The summed E-state index contributed by atoms with van der Waals surface area (Å²) in [5.74, 6) is 0. The van der Waals surface area contributed by atoms with Gasteiger partial charge >= 0.3 is 19.5 Å². The maximum absolute atomic E-state index is 4.08. The second-order valence-electron chi connectivity index (χ2n) is 0. The van der Waals surface area contributed by atoms with Gasteiger partial charge < -0.3 is 25.3 Å². The van der Waals surface area contributed by atoms with E-state index in [1.165, 1.54) is 0 Å². The first-order valence-electron chi connectivity index (χ1n) is 0.816. The summed E-state index contributed by atoms with van der Waals surface area (Å²) in [7, 11) is 0. The molecule has 0 nitrogen and oxygen atoms in total. The maximum atomic E-state index is 4.08. The molecular weight excluding hydrogens is 154 g/mol. The molecule has 0 aliphatic carbocycles. The first kappa shape index (κ1) is 16.2. The van der Waals surface area contributed by atoms with E-state index in [-0.39, 0.29) is 19.5 Å². The molecule has 0 aliphatic rings. The minimum Gasteiger partial charge on any atom is -0.796 e. The Morgan fingerprint density at radius 3 is 0.800 bits per heavy atom. The van der Waals surface area contributed by atoms with Crippen LogP contribution < -0.4 is 0 Å². The molecule has 0 heterocycles. The molecule has 0 spiro atoms. The molecule has 0 saturated carbocycles. The van der Waals surface area contributed by atoms with E-state index in [1.54, 1.807) is 12.5 Å². The Labute approximate surface area is 57.3 Å². The minimum absolute atomic E-state index is 0. The standard InChI is InChI=1S/2CH4S.Zn/c2*1-2;/h2*2H,1H3;/q;;+2/p-2. The van der Waals surface area contributed by atoms with Crippen LogP contribution in [-0.2, 0) is 44.7 Å². The van der Waals surface area contributed by atoms with Crippen LogP contribution in [0.2, 0.25) is 0 Å². The van der Waals surface area contributed by atoms with E-state index >= 15 is 0 Å². The van der Waals surface area contributed by atoms with Crippen molar-refractivity contribution < 1.29 is 19.5 Å². The molecule has 0 aromatic heterocycles. The third-order valence-corrected chi connectivity index (χ3v) is 0. The summed E-state index contributed by atoms with van der Waals surface area (Å²) < 4.78 is 0. The van der Waals surface area contributed by atoms with Gasteiger partial charge in [0.2, 0.25) is 0 Å². The molecule has 0 N–H and O–H groups in total. The molecule has 0 saturated heterocycles. The molecule has 0 atom stereocenters. The smallest absolute Gasteiger partial charge is 0.796 e. The van der Waals surface area contributed by atoms with Gasteiger partial charge in [-0.15, -0.1) is 0 Å². The molecule has 0 radical (unpaired) electrons. The molecule has 28 valence electrons. The summed E-state index contributed by atoms with van der Waals surface area (Å²) in [6.45, 7) is 0. The van der Waals surface area contributed by atoms with Gasteiger partial charge in [-0.05, 0) is 0 Å². The van der Waals surface area contributed by atoms with Gasteiger partial charge in [-0.25, -0.2) is 0 Å². The van der Waals surface area contributed by atoms with E-state index in [0.717, 1.165) is 0 Å². The van der Waals surface area contributed by atoms with E-state index in [0.29, 0.717) is 0 Å². The van der Waals surface area contributed by atoms with Crippen LogP contribution >= 0.6 is 0 Å². The van der Waals surface area contributed by atoms with Crippen molar-refractivity contribution in [3.05, 3.63) is 0 Å². The molecule has 3 heteroatoms. The summed E-state index contributed by atoms with van der Waals surface area (Å²) in [4.78, 5) is 0. The average molecular weight is 160 g/mol. The number of rotatable bonds is 0. The van der Waals surface area contributed by atoms with Crippen LogP contribution in [0.5, 0.6) is 0 Å². The van der Waals surface area contributed by atoms with Gasteiger partial charge in [0, 0.05) is 0 Å². The molecule has 0 fully saturated rings. The fourth-order valence-electron chi connectivity index (χ4n) is 0. The van der Waals surface area contributed by atoms with Crippen molar-refractivity contribution in [3.63, 3.8) is 0 Å². The fourth-order valence-corrected chi connectivity index (χ4v) is 0. The predicted octanol–water partition coefficient (Wildman–Crippen LogP) is 0.324. The molecule has 0 amide bonds. The first-order valence-corrected chi connectivity index (χ1v) is 2.45. The second kappa shape index (κ2) is 56.8. The van der Waals surface area contributed by atoms with Gasteiger partial charge in [-0.3, -0.25) is 0 Å². The largest absolute Gasteiger partial charge is 2.00 e. The Balaban J connectivity index is -0.0000000133. The van der Waals surface area contributed by atoms with Crippen LogP contribution in [-0.4, -0.2) is 12.5 Å². The molecule has 0 rings (SSSR count). The predicted molar refractivity (Wildman–Crippen MR) is 26.6 cm³/mol. The van der Waals surface area contributed by atoms with Crippen molar-refractivity contribution in [2.45, 2.75) is 0 Å². The van der Waals surface area contributed by atoms with Crippen LogP contribution in [0.25, 0.3) is 0 Å². The van der Waals surface area contributed by atoms with Gasteiger partial charge in [0.1, 0.15) is 0 Å². The average Bonchev–Trinajstić information content (AvgIpc) is 1.50. The van der Waals surface area contributed by atoms with Crippen LogP contribution in [0.3, 0.4) is 0 Å². The summed E-state index contributed by atoms with van der Waals surface area (Å²) in [6.07, 6.45) is 3.17. The summed E-state index contributed by atoms with van der Waals surface area (Å²) in [5, 5.41) is 0. The van der Waals surface area contributed by atoms with E-state index in [4.69, 9.17) is 0 Å². The molecule has 5 heavy (non-hydrogen) atoms. The van der Waals surface area contributed by atoms with Crippen LogP contribution in [0.15, 0.2) is 0 Å². The quantitative estimate of drug-likeness (QED) is 0.369. The number of hydrogen-bond acceptors (Lipinski definition) is 2. The van der Waals surface area contributed by atoms with Gasteiger partial charge in [0.25, 0.3) is 0 Å². The summed E-state index contributed by atoms with van der Waals surface area (Å²) in [5.41, 5.74) is 0. The van der Waals surface area contributed by atoms with E-state index in [2.05, 4.69) is 25.3 Å². The first-order chi connectivity index (χ1) is 2.00. The third kappa shape index (κ3) is 33.6. The Kier molecular flexibility index (Phi) is 184. The molecule has 0 aromatic carbocycles. The van der Waals surface area contributed by atoms with E-state index in [1.807, 2.05) is 0 Å². The van der Waals surface area contributed by atoms with Crippen LogP contribution in [0.1, 0.15) is 0 Å². The van der Waals surface area contributed by atoms with Gasteiger partial charge in [0.15, 0.2) is 0 Å². The SMILES string of the molecule is C[S-].C[S-].[Zn+2]. The molecule has 0 bridgehead atoms. The topological polar surface area (TPSA) is 0 Å². The van der Waals surface area contributed by atoms with E-state index < -0.39 is 0 Å². The van der Waals surface area contributed by atoms with Crippen LogP contribution in [0, 0.1) is 0 Å². The summed E-state index contributed by atoms with van der Waals surface area (Å²) in [6, 6.07) is 0. The Morgan fingerprint density at radius 2 is 0.800 bits per heavy atom. The minimum atomic E-state index is 0. The number of hydrogen-bond donors (Lipinski definition) is 0. The van der Waals surface area contributed by atoms with Crippen molar-refractivity contribution in [1.29, 1.82) is 0 Å². The van der Waals surface area contributed by atoms with Crippen molar-refractivity contribution in [1.82, 2.24) is 0 Å². The van der Waals surface area contributed by atoms with Crippen molar-refractivity contribution in [2.75, 3.05) is 12.5 Å². The fraction of sp³-hybridized carbons (Fsp3) is 1.00. The van der Waals surface area contributed by atoms with Gasteiger partial charge in [0.05, 0.1) is 0 Å². The maximum Gasteiger partial charge on any atom is 2.00 e. The zero-order chi connectivity index (χ0) is 4.00. The van der Waals surface area contributed by atoms with Crippen LogP contribution in [0.4, 0.5) is 0 Å². The monoisotopic (exact) mass is 158 g/mol. The van der Waals surface area contributed by atoms with Crippen molar-refractivity contribution >= 4 is 25.3 Å². The molecule has 0 aliphatic heterocycles. The molecule has 0 aromatic rings. The third-order valence-electron chi connectivity index (χ3n) is 0. The van der Waals surface area contributed by atoms with Crippen molar-refractivity contribution in [3.8, 4) is 0 Å². The second-order valence-corrected chi connectivity index (χ2v) is 0. The molecule has 0 unspecified atom stereocenters. The normalized spacial score (nSPS) is 2.40. The Hall–Kier alpha value is 1.32. The Bertz CT molecular complexity index is 7.61. The van der Waals surface area contributed by atoms with Crippen molar-refractivity contribution in [2.24, 2.45) is 0 Å². The van der Waals surface area contributed by atoms with E-state index in [9.17, 15) is 0 Å². The molecular formula is C2H6S2Zn. The van der Waals surface area contributed by atoms with Gasteiger partial charge in [-0.2, -0.15) is 12.5 Å². The summed E-state index contributed by atoms with van der Waals surface area (Å²) >= 11 is 8.17. The Morgan fingerprint density at radius 1 is 0.800 bits per heavy atom. The van der Waals surface area contributed by atoms with Gasteiger partial charge in [-0.1, -0.05) is 0 Å². The zero-order valence-electron chi connectivity index (χ0n) is 3.52. The zero-order valence-corrected chi connectivity index (χ0v) is 8.12.